The Hall–Kier alpha value is -2.40. The number of amides is 3. The standard InChI is InChI=1S/C18H20N2O3/c1-3-23-12-11-20-16(21)18(2,19-17(20)22)15-10-6-8-13-7-4-5-9-14(13)15/h4-10H,3,11-12H2,1-2H3,(H,19,22)/t18-/m1/s1. The van der Waals surface area contributed by atoms with Gasteiger partial charge in [0.1, 0.15) is 5.54 Å². The molecule has 5 heteroatoms. The van der Waals surface area contributed by atoms with E-state index in [2.05, 4.69) is 5.32 Å². The van der Waals surface area contributed by atoms with Crippen LogP contribution in [0.15, 0.2) is 42.5 Å². The van der Waals surface area contributed by atoms with Gasteiger partial charge in [-0.1, -0.05) is 42.5 Å². The van der Waals surface area contributed by atoms with Gasteiger partial charge in [0.05, 0.1) is 13.2 Å². The summed E-state index contributed by atoms with van der Waals surface area (Å²) in [7, 11) is 0. The highest BCUT2D eigenvalue weighted by molar-refractivity contribution is 6.09. The van der Waals surface area contributed by atoms with Crippen LogP contribution in [-0.2, 0) is 15.1 Å². The molecule has 0 bridgehead atoms. The highest BCUT2D eigenvalue weighted by atomic mass is 16.5. The maximum absolute atomic E-state index is 12.9. The summed E-state index contributed by atoms with van der Waals surface area (Å²) in [6.07, 6.45) is 0. The molecule has 23 heavy (non-hydrogen) atoms. The van der Waals surface area contributed by atoms with E-state index in [0.717, 1.165) is 16.3 Å². The van der Waals surface area contributed by atoms with Gasteiger partial charge in [0.2, 0.25) is 0 Å². The molecule has 1 aliphatic heterocycles. The minimum atomic E-state index is -1.05. The molecule has 120 valence electrons. The summed E-state index contributed by atoms with van der Waals surface area (Å²) in [6.45, 7) is 4.81. The van der Waals surface area contributed by atoms with E-state index >= 15 is 0 Å². The fourth-order valence-electron chi connectivity index (χ4n) is 3.04. The van der Waals surface area contributed by atoms with Crippen LogP contribution < -0.4 is 5.32 Å². The number of ether oxygens (including phenoxy) is 1. The number of rotatable bonds is 5. The zero-order valence-electron chi connectivity index (χ0n) is 13.3. The van der Waals surface area contributed by atoms with E-state index in [9.17, 15) is 9.59 Å². The topological polar surface area (TPSA) is 58.6 Å². The molecule has 1 atom stereocenters. The van der Waals surface area contributed by atoms with Crippen LogP contribution in [0.4, 0.5) is 4.79 Å². The number of fused-ring (bicyclic) bond motifs is 1. The SMILES string of the molecule is CCOCCN1C(=O)N[C@](C)(c2cccc3ccccc23)C1=O. The molecule has 3 amide bonds. The molecule has 0 radical (unpaired) electrons. The van der Waals surface area contributed by atoms with Crippen LogP contribution in [0.3, 0.4) is 0 Å². The van der Waals surface area contributed by atoms with Gasteiger partial charge in [0, 0.05) is 6.61 Å². The number of nitrogens with one attached hydrogen (secondary N) is 1. The number of carbonyl (C=O) groups is 2. The first-order valence-electron chi connectivity index (χ1n) is 7.78. The summed E-state index contributed by atoms with van der Waals surface area (Å²) in [4.78, 5) is 26.3. The largest absolute Gasteiger partial charge is 0.380 e. The Labute approximate surface area is 135 Å². The zero-order chi connectivity index (χ0) is 16.4. The summed E-state index contributed by atoms with van der Waals surface area (Å²) >= 11 is 0. The first kappa shape index (κ1) is 15.5. The molecule has 1 N–H and O–H groups in total. The molecule has 0 aliphatic carbocycles. The van der Waals surface area contributed by atoms with Crippen LogP contribution in [0.1, 0.15) is 19.4 Å². The smallest absolute Gasteiger partial charge is 0.325 e. The Bertz CT molecular complexity index is 754. The molecule has 3 rings (SSSR count). The van der Waals surface area contributed by atoms with E-state index < -0.39 is 5.54 Å². The molecular weight excluding hydrogens is 292 g/mol. The monoisotopic (exact) mass is 312 g/mol. The molecule has 1 fully saturated rings. The van der Waals surface area contributed by atoms with Crippen molar-refractivity contribution >= 4 is 22.7 Å². The molecule has 0 unspecified atom stereocenters. The van der Waals surface area contributed by atoms with E-state index in [0.29, 0.717) is 13.2 Å². The second-order valence-electron chi connectivity index (χ2n) is 5.74. The lowest BCUT2D eigenvalue weighted by Crippen LogP contribution is -2.41. The van der Waals surface area contributed by atoms with Crippen LogP contribution in [0.2, 0.25) is 0 Å². The Balaban J connectivity index is 1.98. The molecule has 5 nitrogen and oxygen atoms in total. The van der Waals surface area contributed by atoms with Crippen molar-refractivity contribution in [1.29, 1.82) is 0 Å². The molecule has 2 aromatic rings. The van der Waals surface area contributed by atoms with Crippen LogP contribution in [0.25, 0.3) is 10.8 Å². The van der Waals surface area contributed by atoms with Crippen molar-refractivity contribution in [1.82, 2.24) is 10.2 Å². The van der Waals surface area contributed by atoms with Crippen molar-refractivity contribution in [3.8, 4) is 0 Å². The van der Waals surface area contributed by atoms with Crippen molar-refractivity contribution in [3.05, 3.63) is 48.0 Å². The van der Waals surface area contributed by atoms with Gasteiger partial charge in [-0.3, -0.25) is 9.69 Å². The van der Waals surface area contributed by atoms with Crippen LogP contribution >= 0.6 is 0 Å². The number of benzene rings is 2. The van der Waals surface area contributed by atoms with Gasteiger partial charge in [0.25, 0.3) is 5.91 Å². The van der Waals surface area contributed by atoms with E-state index in [1.54, 1.807) is 6.92 Å². The highest BCUT2D eigenvalue weighted by Gasteiger charge is 2.49. The summed E-state index contributed by atoms with van der Waals surface area (Å²) < 4.78 is 5.26. The first-order valence-corrected chi connectivity index (χ1v) is 7.78. The predicted molar refractivity (Wildman–Crippen MR) is 88.0 cm³/mol. The fourth-order valence-corrected chi connectivity index (χ4v) is 3.04. The fraction of sp³-hybridized carbons (Fsp3) is 0.333. The van der Waals surface area contributed by atoms with Crippen molar-refractivity contribution < 1.29 is 14.3 Å². The minimum absolute atomic E-state index is 0.237. The summed E-state index contributed by atoms with van der Waals surface area (Å²) in [5.41, 5.74) is -0.239. The van der Waals surface area contributed by atoms with Gasteiger partial charge >= 0.3 is 6.03 Å². The summed E-state index contributed by atoms with van der Waals surface area (Å²) in [5.74, 6) is -0.237. The lowest BCUT2D eigenvalue weighted by molar-refractivity contribution is -0.131. The van der Waals surface area contributed by atoms with Crippen LogP contribution in [0, 0.1) is 0 Å². The maximum atomic E-state index is 12.9. The predicted octanol–water partition coefficient (Wildman–Crippen LogP) is 2.64. The summed E-state index contributed by atoms with van der Waals surface area (Å²) in [5, 5.41) is 4.86. The maximum Gasteiger partial charge on any atom is 0.325 e. The van der Waals surface area contributed by atoms with Crippen LogP contribution in [0.5, 0.6) is 0 Å². The summed E-state index contributed by atoms with van der Waals surface area (Å²) in [6, 6.07) is 13.3. The van der Waals surface area contributed by atoms with Gasteiger partial charge in [0.15, 0.2) is 0 Å². The minimum Gasteiger partial charge on any atom is -0.380 e. The molecule has 0 aromatic heterocycles. The van der Waals surface area contributed by atoms with Gasteiger partial charge in [-0.05, 0) is 30.2 Å². The average molecular weight is 312 g/mol. The number of hydrogen-bond acceptors (Lipinski definition) is 3. The highest BCUT2D eigenvalue weighted by Crippen LogP contribution is 2.33. The Morgan fingerprint density at radius 1 is 1.13 bits per heavy atom. The second kappa shape index (κ2) is 6.01. The quantitative estimate of drug-likeness (QED) is 0.682. The third-order valence-electron chi connectivity index (χ3n) is 4.27. The Morgan fingerprint density at radius 2 is 1.87 bits per heavy atom. The zero-order valence-corrected chi connectivity index (χ0v) is 13.3. The van der Waals surface area contributed by atoms with Crippen molar-refractivity contribution in [3.63, 3.8) is 0 Å². The number of nitrogens with zero attached hydrogens (tertiary/aromatic N) is 1. The molecule has 1 aliphatic rings. The van der Waals surface area contributed by atoms with Crippen molar-refractivity contribution in [2.75, 3.05) is 19.8 Å². The van der Waals surface area contributed by atoms with Gasteiger partial charge in [-0.15, -0.1) is 0 Å². The lowest BCUT2D eigenvalue weighted by atomic mass is 9.88. The second-order valence-corrected chi connectivity index (χ2v) is 5.74. The van der Waals surface area contributed by atoms with E-state index in [4.69, 9.17) is 4.74 Å². The van der Waals surface area contributed by atoms with E-state index in [1.807, 2.05) is 49.4 Å². The van der Waals surface area contributed by atoms with Crippen molar-refractivity contribution in [2.45, 2.75) is 19.4 Å². The third-order valence-corrected chi connectivity index (χ3v) is 4.27. The van der Waals surface area contributed by atoms with Crippen LogP contribution in [-0.4, -0.2) is 36.6 Å². The van der Waals surface area contributed by atoms with Crippen molar-refractivity contribution in [2.24, 2.45) is 0 Å². The third kappa shape index (κ3) is 2.57. The first-order chi connectivity index (χ1) is 11.1. The molecule has 0 saturated carbocycles. The molecular formula is C18H20N2O3. The Kier molecular flexibility index (Phi) is 4.05. The number of hydrogen-bond donors (Lipinski definition) is 1. The normalized spacial score (nSPS) is 21.0. The van der Waals surface area contributed by atoms with E-state index in [-0.39, 0.29) is 18.5 Å². The van der Waals surface area contributed by atoms with E-state index in [1.165, 1.54) is 4.90 Å². The Morgan fingerprint density at radius 3 is 2.65 bits per heavy atom. The average Bonchev–Trinajstić information content (AvgIpc) is 2.78. The molecule has 0 spiro atoms. The lowest BCUT2D eigenvalue weighted by Gasteiger charge is -2.24. The number of carbonyl (C=O) groups excluding carboxylic acids is 2. The van der Waals surface area contributed by atoms with Gasteiger partial charge < -0.3 is 10.1 Å². The molecule has 2 aromatic carbocycles. The molecule has 1 heterocycles. The van der Waals surface area contributed by atoms with Gasteiger partial charge in [-0.25, -0.2) is 4.79 Å². The molecule has 1 saturated heterocycles. The van der Waals surface area contributed by atoms with Gasteiger partial charge in [-0.2, -0.15) is 0 Å². The number of urea groups is 1. The number of imide groups is 1.